The predicted molar refractivity (Wildman–Crippen MR) is 137 cm³/mol. The van der Waals surface area contributed by atoms with Crippen LogP contribution in [0, 0.1) is 5.82 Å². The summed E-state index contributed by atoms with van der Waals surface area (Å²) in [7, 11) is 0. The third-order valence-corrected chi connectivity index (χ3v) is 7.49. The van der Waals surface area contributed by atoms with Crippen molar-refractivity contribution < 1.29 is 9.18 Å². The van der Waals surface area contributed by atoms with E-state index in [9.17, 15) is 14.0 Å². The van der Waals surface area contributed by atoms with Crippen molar-refractivity contribution in [2.24, 2.45) is 0 Å². The van der Waals surface area contributed by atoms with E-state index in [0.29, 0.717) is 32.6 Å². The summed E-state index contributed by atoms with van der Waals surface area (Å²) in [6.07, 6.45) is 0. The summed E-state index contributed by atoms with van der Waals surface area (Å²) >= 11 is 10.6. The van der Waals surface area contributed by atoms with Gasteiger partial charge in [-0.2, -0.15) is 9.50 Å². The molecule has 5 aromatic rings. The largest absolute Gasteiger partial charge is 0.303 e. The van der Waals surface area contributed by atoms with E-state index in [1.165, 1.54) is 16.6 Å². The molecule has 3 heterocycles. The standard InChI is InChI=1S/C25H13BrClFN4O2S/c26-15-5-10-19-18(11-15)20(23(33)31(19)12-13-1-8-17(28)9-2-13)21-24(34)32-25(35-21)29-22(30-32)14-3-6-16(27)7-4-14/h1-11H,12H2/b21-20-. The van der Waals surface area contributed by atoms with Crippen LogP contribution in [-0.4, -0.2) is 20.5 Å². The van der Waals surface area contributed by atoms with Crippen molar-refractivity contribution in [3.05, 3.63) is 108 Å². The van der Waals surface area contributed by atoms with Crippen LogP contribution in [0.1, 0.15) is 11.1 Å². The monoisotopic (exact) mass is 566 g/mol. The summed E-state index contributed by atoms with van der Waals surface area (Å²) in [6, 6.07) is 18.5. The number of amides is 1. The average molecular weight is 568 g/mol. The molecule has 6 rings (SSSR count). The maximum Gasteiger partial charge on any atom is 0.291 e. The first-order chi connectivity index (χ1) is 16.9. The van der Waals surface area contributed by atoms with E-state index in [4.69, 9.17) is 11.6 Å². The van der Waals surface area contributed by atoms with Gasteiger partial charge in [-0.15, -0.1) is 5.10 Å². The molecule has 0 fully saturated rings. The molecule has 3 aromatic carbocycles. The number of hydrogen-bond donors (Lipinski definition) is 0. The van der Waals surface area contributed by atoms with Crippen LogP contribution in [0.4, 0.5) is 10.1 Å². The molecule has 0 saturated carbocycles. The van der Waals surface area contributed by atoms with Crippen LogP contribution in [0.25, 0.3) is 21.9 Å². The molecule has 2 aromatic heterocycles. The van der Waals surface area contributed by atoms with Crippen molar-refractivity contribution in [3.8, 4) is 11.4 Å². The molecule has 1 amide bonds. The molecular weight excluding hydrogens is 555 g/mol. The Kier molecular flexibility index (Phi) is 5.28. The van der Waals surface area contributed by atoms with Gasteiger partial charge in [0.15, 0.2) is 5.82 Å². The number of halogens is 3. The van der Waals surface area contributed by atoms with Gasteiger partial charge in [0, 0.05) is 20.6 Å². The third-order valence-electron chi connectivity index (χ3n) is 5.72. The van der Waals surface area contributed by atoms with E-state index < -0.39 is 5.56 Å². The van der Waals surface area contributed by atoms with Gasteiger partial charge in [0.1, 0.15) is 10.3 Å². The SMILES string of the molecule is O=C1/C(=c2\sc3nc(-c4ccc(Cl)cc4)nn3c2=O)c2cc(Br)ccc2N1Cc1ccc(F)cc1. The second-order valence-corrected chi connectivity index (χ2v) is 10.3. The second kappa shape index (κ2) is 8.37. The molecule has 0 bridgehead atoms. The van der Waals surface area contributed by atoms with E-state index in [0.717, 1.165) is 26.9 Å². The summed E-state index contributed by atoms with van der Waals surface area (Å²) < 4.78 is 15.6. The van der Waals surface area contributed by atoms with Gasteiger partial charge >= 0.3 is 0 Å². The van der Waals surface area contributed by atoms with Gasteiger partial charge in [0.05, 0.1) is 17.8 Å². The maximum absolute atomic E-state index is 13.6. The highest BCUT2D eigenvalue weighted by Gasteiger charge is 2.34. The fourth-order valence-electron chi connectivity index (χ4n) is 4.06. The zero-order valence-electron chi connectivity index (χ0n) is 17.7. The van der Waals surface area contributed by atoms with Crippen molar-refractivity contribution in [2.45, 2.75) is 6.54 Å². The Morgan fingerprint density at radius 1 is 1.00 bits per heavy atom. The van der Waals surface area contributed by atoms with Crippen molar-refractivity contribution in [2.75, 3.05) is 4.90 Å². The van der Waals surface area contributed by atoms with Crippen LogP contribution < -0.4 is 15.0 Å². The number of thiazole rings is 1. The normalized spacial score (nSPS) is 14.7. The number of carbonyl (C=O) groups is 1. The summed E-state index contributed by atoms with van der Waals surface area (Å²) in [5, 5.41) is 4.97. The first-order valence-corrected chi connectivity index (χ1v) is 12.4. The minimum absolute atomic E-state index is 0.243. The number of carbonyl (C=O) groups excluding carboxylic acids is 1. The highest BCUT2D eigenvalue weighted by molar-refractivity contribution is 9.10. The summed E-state index contributed by atoms with van der Waals surface area (Å²) in [5.41, 5.74) is 2.72. The minimum Gasteiger partial charge on any atom is -0.303 e. The zero-order chi connectivity index (χ0) is 24.3. The fraction of sp³-hybridized carbons (Fsp3) is 0.0400. The quantitative estimate of drug-likeness (QED) is 0.313. The Bertz CT molecular complexity index is 1750. The first kappa shape index (κ1) is 22.1. The Morgan fingerprint density at radius 2 is 1.74 bits per heavy atom. The van der Waals surface area contributed by atoms with Crippen molar-refractivity contribution in [3.63, 3.8) is 0 Å². The predicted octanol–water partition coefficient (Wildman–Crippen LogP) is 4.84. The second-order valence-electron chi connectivity index (χ2n) is 7.93. The lowest BCUT2D eigenvalue weighted by Crippen LogP contribution is -2.32. The minimum atomic E-state index is -0.407. The van der Waals surface area contributed by atoms with Gasteiger partial charge in [-0.3, -0.25) is 9.59 Å². The topological polar surface area (TPSA) is 67.6 Å². The number of fused-ring (bicyclic) bond motifs is 2. The van der Waals surface area contributed by atoms with Gasteiger partial charge in [0.25, 0.3) is 11.5 Å². The molecule has 1 aliphatic rings. The van der Waals surface area contributed by atoms with Crippen LogP contribution >= 0.6 is 38.9 Å². The van der Waals surface area contributed by atoms with Crippen LogP contribution in [0.3, 0.4) is 0 Å². The number of rotatable bonds is 3. The lowest BCUT2D eigenvalue weighted by Gasteiger charge is -2.17. The summed E-state index contributed by atoms with van der Waals surface area (Å²) in [4.78, 5) is 33.5. The van der Waals surface area contributed by atoms with E-state index in [1.807, 2.05) is 18.2 Å². The summed E-state index contributed by atoms with van der Waals surface area (Å²) in [5.74, 6) is -0.246. The molecular formula is C25H13BrClFN4O2S. The molecule has 10 heteroatoms. The van der Waals surface area contributed by atoms with Gasteiger partial charge in [-0.25, -0.2) is 4.39 Å². The summed E-state index contributed by atoms with van der Waals surface area (Å²) in [6.45, 7) is 0.243. The van der Waals surface area contributed by atoms with Crippen LogP contribution in [-0.2, 0) is 11.3 Å². The lowest BCUT2D eigenvalue weighted by atomic mass is 10.1. The maximum atomic E-state index is 13.6. The molecule has 172 valence electrons. The Labute approximate surface area is 215 Å². The van der Waals surface area contributed by atoms with Crippen molar-refractivity contribution in [1.29, 1.82) is 0 Å². The Hall–Kier alpha value is -3.40. The lowest BCUT2D eigenvalue weighted by molar-refractivity contribution is -0.113. The van der Waals surface area contributed by atoms with Gasteiger partial charge in [-0.05, 0) is 60.2 Å². The van der Waals surface area contributed by atoms with E-state index in [-0.39, 0.29) is 22.8 Å². The molecule has 0 aliphatic carbocycles. The fourth-order valence-corrected chi connectivity index (χ4v) is 5.54. The molecule has 0 spiro atoms. The van der Waals surface area contributed by atoms with E-state index in [2.05, 4.69) is 26.0 Å². The van der Waals surface area contributed by atoms with E-state index in [1.54, 1.807) is 41.3 Å². The smallest absolute Gasteiger partial charge is 0.291 e. The molecule has 0 unspecified atom stereocenters. The van der Waals surface area contributed by atoms with E-state index >= 15 is 0 Å². The van der Waals surface area contributed by atoms with Crippen LogP contribution in [0.5, 0.6) is 0 Å². The van der Waals surface area contributed by atoms with Crippen LogP contribution in [0.15, 0.2) is 76.0 Å². The Morgan fingerprint density at radius 3 is 2.46 bits per heavy atom. The molecule has 0 atom stereocenters. The molecule has 0 N–H and O–H groups in total. The average Bonchev–Trinajstić information content (AvgIpc) is 3.47. The number of benzene rings is 3. The number of nitrogens with zero attached hydrogens (tertiary/aromatic N) is 4. The molecule has 1 aliphatic heterocycles. The third kappa shape index (κ3) is 3.76. The number of aromatic nitrogens is 3. The van der Waals surface area contributed by atoms with Crippen LogP contribution in [0.2, 0.25) is 5.02 Å². The highest BCUT2D eigenvalue weighted by atomic mass is 79.9. The molecule has 6 nitrogen and oxygen atoms in total. The molecule has 0 saturated heterocycles. The number of anilines is 1. The zero-order valence-corrected chi connectivity index (χ0v) is 20.9. The first-order valence-electron chi connectivity index (χ1n) is 10.4. The van der Waals surface area contributed by atoms with Crippen molar-refractivity contribution >= 4 is 61.0 Å². The highest BCUT2D eigenvalue weighted by Crippen LogP contribution is 2.38. The molecule has 0 radical (unpaired) electrons. The van der Waals surface area contributed by atoms with Gasteiger partial charge in [0.2, 0.25) is 4.96 Å². The van der Waals surface area contributed by atoms with Gasteiger partial charge < -0.3 is 4.90 Å². The Balaban J connectivity index is 1.50. The number of hydrogen-bond acceptors (Lipinski definition) is 5. The van der Waals surface area contributed by atoms with Crippen molar-refractivity contribution in [1.82, 2.24) is 14.6 Å². The molecule has 35 heavy (non-hydrogen) atoms. The van der Waals surface area contributed by atoms with Gasteiger partial charge in [-0.1, -0.05) is 51.0 Å².